The molecule has 2 aromatic rings. The van der Waals surface area contributed by atoms with Crippen LogP contribution in [-0.2, 0) is 11.3 Å². The Balaban J connectivity index is 1.50. The minimum atomic E-state index is -0.936. The summed E-state index contributed by atoms with van der Waals surface area (Å²) in [5.41, 5.74) is 0.617. The highest BCUT2D eigenvalue weighted by Crippen LogP contribution is 2.39. The van der Waals surface area contributed by atoms with Gasteiger partial charge in [-0.1, -0.05) is 30.3 Å². The number of benzene rings is 2. The number of piperidine rings is 1. The quantitative estimate of drug-likeness (QED) is 0.436. The second kappa shape index (κ2) is 8.39. The van der Waals surface area contributed by atoms with Crippen LogP contribution in [0, 0.1) is 15.9 Å². The van der Waals surface area contributed by atoms with E-state index in [0.29, 0.717) is 12.1 Å². The summed E-state index contributed by atoms with van der Waals surface area (Å²) in [6, 6.07) is 13.1. The summed E-state index contributed by atoms with van der Waals surface area (Å²) in [6.45, 7) is 0.894. The van der Waals surface area contributed by atoms with Crippen LogP contribution in [0.4, 0.5) is 15.8 Å². The monoisotopic (exact) mass is 413 g/mol. The number of methoxy groups -OCH3 is 1. The molecule has 7 nitrogen and oxygen atoms in total. The summed E-state index contributed by atoms with van der Waals surface area (Å²) in [5, 5.41) is 14.7. The predicted molar refractivity (Wildman–Crippen MR) is 110 cm³/mol. The van der Waals surface area contributed by atoms with Crippen molar-refractivity contribution in [2.45, 2.75) is 50.4 Å². The first-order chi connectivity index (χ1) is 14.5. The minimum absolute atomic E-state index is 0.0107. The van der Waals surface area contributed by atoms with Gasteiger partial charge in [0.25, 0.3) is 5.69 Å². The van der Waals surface area contributed by atoms with Crippen LogP contribution in [-0.4, -0.2) is 41.0 Å². The molecule has 0 aromatic heterocycles. The van der Waals surface area contributed by atoms with Gasteiger partial charge in [-0.25, -0.2) is 9.18 Å². The van der Waals surface area contributed by atoms with Crippen molar-refractivity contribution < 1.29 is 18.8 Å². The Kier molecular flexibility index (Phi) is 5.67. The number of esters is 1. The highest BCUT2D eigenvalue weighted by atomic mass is 19.1. The maximum atomic E-state index is 14.4. The van der Waals surface area contributed by atoms with E-state index >= 15 is 0 Å². The van der Waals surface area contributed by atoms with Crippen molar-refractivity contribution in [3.63, 3.8) is 0 Å². The highest BCUT2D eigenvalue weighted by molar-refractivity contribution is 5.91. The van der Waals surface area contributed by atoms with E-state index in [1.54, 1.807) is 0 Å². The normalized spacial score (nSPS) is 23.2. The second-order valence-corrected chi connectivity index (χ2v) is 7.95. The number of carbonyl (C=O) groups excluding carboxylic acids is 1. The van der Waals surface area contributed by atoms with Crippen LogP contribution in [0.2, 0.25) is 0 Å². The van der Waals surface area contributed by atoms with Crippen molar-refractivity contribution in [1.29, 1.82) is 0 Å². The molecule has 2 aliphatic rings. The van der Waals surface area contributed by atoms with Crippen LogP contribution in [0.15, 0.2) is 42.5 Å². The van der Waals surface area contributed by atoms with E-state index in [1.807, 2.05) is 18.2 Å². The third-order valence-corrected chi connectivity index (χ3v) is 6.14. The van der Waals surface area contributed by atoms with Gasteiger partial charge in [-0.05, 0) is 31.2 Å². The number of hydrogen-bond donors (Lipinski definition) is 1. The standard InChI is InChI=1S/C22H24FN3O4/c1-30-22(27)18-11-21(26(28)29)20(12-19(18)23)24-15-9-16-7-8-17(10-15)25(16)13-14-5-3-2-4-6-14/h2-6,11-12,15-17,24H,7-10,13H2,1H3. The van der Waals surface area contributed by atoms with Gasteiger partial charge in [0.1, 0.15) is 17.1 Å². The Morgan fingerprint density at radius 1 is 1.23 bits per heavy atom. The number of nitro groups is 1. The molecule has 1 N–H and O–H groups in total. The summed E-state index contributed by atoms with van der Waals surface area (Å²) in [6.07, 6.45) is 3.85. The third-order valence-electron chi connectivity index (χ3n) is 6.14. The number of halogens is 1. The zero-order valence-electron chi connectivity index (χ0n) is 16.7. The van der Waals surface area contributed by atoms with Gasteiger partial charge in [0.2, 0.25) is 0 Å². The molecule has 30 heavy (non-hydrogen) atoms. The van der Waals surface area contributed by atoms with E-state index in [2.05, 4.69) is 27.1 Å². The maximum absolute atomic E-state index is 14.4. The molecule has 0 aliphatic carbocycles. The van der Waals surface area contributed by atoms with E-state index in [-0.39, 0.29) is 17.4 Å². The zero-order chi connectivity index (χ0) is 21.3. The van der Waals surface area contributed by atoms with Crippen LogP contribution in [0.3, 0.4) is 0 Å². The smallest absolute Gasteiger partial charge is 0.341 e. The first-order valence-corrected chi connectivity index (χ1v) is 10.1. The molecule has 2 atom stereocenters. The second-order valence-electron chi connectivity index (χ2n) is 7.95. The molecule has 2 aromatic carbocycles. The largest absolute Gasteiger partial charge is 0.465 e. The lowest BCUT2D eigenvalue weighted by atomic mass is 9.96. The number of carbonyl (C=O) groups is 1. The molecule has 0 amide bonds. The minimum Gasteiger partial charge on any atom is -0.465 e. The number of nitro benzene ring substituents is 1. The van der Waals surface area contributed by atoms with Gasteiger partial charge in [0, 0.05) is 36.8 Å². The summed E-state index contributed by atoms with van der Waals surface area (Å²) in [5.74, 6) is -1.77. The predicted octanol–water partition coefficient (Wildman–Crippen LogP) is 4.13. The number of ether oxygens (including phenoxy) is 1. The Morgan fingerprint density at radius 2 is 1.90 bits per heavy atom. The average Bonchev–Trinajstić information content (AvgIpc) is 2.96. The molecule has 0 spiro atoms. The van der Waals surface area contributed by atoms with Crippen LogP contribution in [0.25, 0.3) is 0 Å². The Labute approximate surface area is 174 Å². The lowest BCUT2D eigenvalue weighted by Gasteiger charge is -2.39. The lowest BCUT2D eigenvalue weighted by Crippen LogP contribution is -2.46. The fourth-order valence-corrected chi connectivity index (χ4v) is 4.76. The van der Waals surface area contributed by atoms with E-state index in [4.69, 9.17) is 0 Å². The number of anilines is 1. The van der Waals surface area contributed by atoms with E-state index in [0.717, 1.165) is 51.5 Å². The molecular formula is C22H24FN3O4. The summed E-state index contributed by atoms with van der Waals surface area (Å²) in [4.78, 5) is 25.1. The molecule has 2 saturated heterocycles. The van der Waals surface area contributed by atoms with Gasteiger partial charge in [-0.3, -0.25) is 15.0 Å². The molecule has 2 fully saturated rings. The Morgan fingerprint density at radius 3 is 2.50 bits per heavy atom. The van der Waals surface area contributed by atoms with E-state index < -0.39 is 22.3 Å². The van der Waals surface area contributed by atoms with Crippen LogP contribution in [0.5, 0.6) is 0 Å². The molecule has 8 heteroatoms. The topological polar surface area (TPSA) is 84.7 Å². The molecule has 4 rings (SSSR count). The van der Waals surface area contributed by atoms with Gasteiger partial charge in [0.05, 0.1) is 12.0 Å². The van der Waals surface area contributed by atoms with Gasteiger partial charge >= 0.3 is 5.97 Å². The number of nitrogens with zero attached hydrogens (tertiary/aromatic N) is 2. The fourth-order valence-electron chi connectivity index (χ4n) is 4.76. The van der Waals surface area contributed by atoms with Crippen LogP contribution in [0.1, 0.15) is 41.6 Å². The van der Waals surface area contributed by atoms with E-state index in [1.165, 1.54) is 5.56 Å². The molecule has 0 saturated carbocycles. The number of hydrogen-bond acceptors (Lipinski definition) is 6. The Hall–Kier alpha value is -3.00. The van der Waals surface area contributed by atoms with E-state index in [9.17, 15) is 19.3 Å². The number of fused-ring (bicyclic) bond motifs is 2. The molecule has 2 unspecified atom stereocenters. The molecule has 0 radical (unpaired) electrons. The summed E-state index contributed by atoms with van der Waals surface area (Å²) in [7, 11) is 1.11. The van der Waals surface area contributed by atoms with Crippen LogP contribution < -0.4 is 5.32 Å². The Bertz CT molecular complexity index is 939. The van der Waals surface area contributed by atoms with Gasteiger partial charge in [-0.2, -0.15) is 0 Å². The molecule has 2 aliphatic heterocycles. The van der Waals surface area contributed by atoms with Crippen molar-refractivity contribution in [2.75, 3.05) is 12.4 Å². The fraction of sp³-hybridized carbons (Fsp3) is 0.409. The van der Waals surface area contributed by atoms with Gasteiger partial charge < -0.3 is 10.1 Å². The third kappa shape index (κ3) is 4.00. The van der Waals surface area contributed by atoms with Gasteiger partial charge in [-0.15, -0.1) is 0 Å². The van der Waals surface area contributed by atoms with Crippen LogP contribution >= 0.6 is 0 Å². The lowest BCUT2D eigenvalue weighted by molar-refractivity contribution is -0.384. The summed E-state index contributed by atoms with van der Waals surface area (Å²) >= 11 is 0. The molecule has 2 bridgehead atoms. The maximum Gasteiger partial charge on any atom is 0.341 e. The van der Waals surface area contributed by atoms with Crippen molar-refractivity contribution in [3.8, 4) is 0 Å². The average molecular weight is 413 g/mol. The zero-order valence-corrected chi connectivity index (χ0v) is 16.7. The number of rotatable bonds is 6. The van der Waals surface area contributed by atoms with Gasteiger partial charge in [0.15, 0.2) is 0 Å². The van der Waals surface area contributed by atoms with Crippen molar-refractivity contribution in [3.05, 3.63) is 69.5 Å². The molecular weight excluding hydrogens is 389 g/mol. The van der Waals surface area contributed by atoms with Crippen molar-refractivity contribution in [2.24, 2.45) is 0 Å². The molecule has 158 valence electrons. The van der Waals surface area contributed by atoms with Crippen molar-refractivity contribution in [1.82, 2.24) is 4.90 Å². The number of nitrogens with one attached hydrogen (secondary N) is 1. The highest BCUT2D eigenvalue weighted by Gasteiger charge is 2.41. The summed E-state index contributed by atoms with van der Waals surface area (Å²) < 4.78 is 18.9. The molecule has 2 heterocycles. The van der Waals surface area contributed by atoms with Crippen molar-refractivity contribution >= 4 is 17.3 Å². The SMILES string of the molecule is COC(=O)c1cc([N+](=O)[O-])c(NC2CC3CCC(C2)N3Cc2ccccc2)cc1F. The first kappa shape index (κ1) is 20.3. The first-order valence-electron chi connectivity index (χ1n) is 10.1.